The van der Waals surface area contributed by atoms with Gasteiger partial charge in [-0.3, -0.25) is 9.59 Å². The van der Waals surface area contributed by atoms with Crippen molar-refractivity contribution in [2.24, 2.45) is 5.73 Å². The number of aromatic amines is 1. The van der Waals surface area contributed by atoms with E-state index in [2.05, 4.69) is 15.6 Å². The minimum absolute atomic E-state index is 0.0531. The Morgan fingerprint density at radius 3 is 2.33 bits per heavy atom. The molecule has 8 N–H and O–H groups in total. The largest absolute Gasteiger partial charge is 0.480 e. The van der Waals surface area contributed by atoms with Gasteiger partial charge in [0.1, 0.15) is 18.1 Å². The number of carbonyl (C=O) groups is 3. The van der Waals surface area contributed by atoms with Crippen molar-refractivity contribution in [1.29, 1.82) is 0 Å². The van der Waals surface area contributed by atoms with Gasteiger partial charge < -0.3 is 36.7 Å². The Bertz CT molecular complexity index is 821. The van der Waals surface area contributed by atoms with Crippen LogP contribution in [0.15, 0.2) is 30.5 Å². The molecule has 0 aliphatic carbocycles. The molecule has 0 saturated heterocycles. The quantitative estimate of drug-likeness (QED) is 0.266. The summed E-state index contributed by atoms with van der Waals surface area (Å²) in [6, 6.07) is 3.46. The predicted octanol–water partition coefficient (Wildman–Crippen LogP) is -1.92. The van der Waals surface area contributed by atoms with Crippen LogP contribution in [0.3, 0.4) is 0 Å². The van der Waals surface area contributed by atoms with E-state index in [-0.39, 0.29) is 6.42 Å². The highest BCUT2D eigenvalue weighted by atomic mass is 16.4. The van der Waals surface area contributed by atoms with E-state index in [4.69, 9.17) is 21.1 Å². The lowest BCUT2D eigenvalue weighted by Gasteiger charge is -2.21. The number of aliphatic carboxylic acids is 1. The summed E-state index contributed by atoms with van der Waals surface area (Å²) in [4.78, 5) is 38.6. The number of hydrogen-bond donors (Lipinski definition) is 7. The second kappa shape index (κ2) is 9.12. The van der Waals surface area contributed by atoms with E-state index < -0.39 is 49.1 Å². The monoisotopic (exact) mass is 378 g/mol. The fourth-order valence-corrected chi connectivity index (χ4v) is 2.55. The van der Waals surface area contributed by atoms with E-state index in [0.717, 1.165) is 16.5 Å². The number of carboxylic acid groups (broad SMARTS) is 1. The van der Waals surface area contributed by atoms with E-state index in [1.54, 1.807) is 6.20 Å². The van der Waals surface area contributed by atoms with Crippen LogP contribution < -0.4 is 16.4 Å². The van der Waals surface area contributed by atoms with Crippen LogP contribution in [0.2, 0.25) is 0 Å². The van der Waals surface area contributed by atoms with Crippen LogP contribution in [-0.2, 0) is 20.8 Å². The van der Waals surface area contributed by atoms with Crippen LogP contribution in [0.4, 0.5) is 0 Å². The molecule has 1 aromatic carbocycles. The number of aliphatic hydroxyl groups is 2. The first kappa shape index (κ1) is 20.4. The lowest BCUT2D eigenvalue weighted by Crippen LogP contribution is -2.56. The van der Waals surface area contributed by atoms with Crippen molar-refractivity contribution in [3.63, 3.8) is 0 Å². The number of aliphatic hydroxyl groups excluding tert-OH is 2. The van der Waals surface area contributed by atoms with Crippen molar-refractivity contribution >= 4 is 28.7 Å². The highest BCUT2D eigenvalue weighted by Crippen LogP contribution is 2.19. The molecule has 1 aromatic heterocycles. The van der Waals surface area contributed by atoms with Gasteiger partial charge in [-0.05, 0) is 11.6 Å². The second-order valence-electron chi connectivity index (χ2n) is 6.00. The average Bonchev–Trinajstić information content (AvgIpc) is 3.07. The molecule has 3 atom stereocenters. The SMILES string of the molecule is N[C@@H](CO)C(=O)N[C@@H](Cc1c[nH]c2ccccc12)C(=O)N[C@@H](CO)C(=O)O. The molecule has 2 rings (SSSR count). The first-order valence-corrected chi connectivity index (χ1v) is 8.23. The van der Waals surface area contributed by atoms with Crippen molar-refractivity contribution in [3.05, 3.63) is 36.0 Å². The number of H-pyrrole nitrogens is 1. The molecule has 0 bridgehead atoms. The van der Waals surface area contributed by atoms with Crippen molar-refractivity contribution in [2.75, 3.05) is 13.2 Å². The summed E-state index contributed by atoms with van der Waals surface area (Å²) >= 11 is 0. The highest BCUT2D eigenvalue weighted by Gasteiger charge is 2.28. The third kappa shape index (κ3) is 5.03. The van der Waals surface area contributed by atoms with Crippen LogP contribution in [0.25, 0.3) is 10.9 Å². The minimum Gasteiger partial charge on any atom is -0.480 e. The summed E-state index contributed by atoms with van der Waals surface area (Å²) in [7, 11) is 0. The molecule has 2 amide bonds. The van der Waals surface area contributed by atoms with E-state index in [1.165, 1.54) is 0 Å². The number of aromatic nitrogens is 1. The van der Waals surface area contributed by atoms with Crippen LogP contribution in [0.1, 0.15) is 5.56 Å². The molecule has 0 radical (unpaired) electrons. The number of fused-ring (bicyclic) bond motifs is 1. The second-order valence-corrected chi connectivity index (χ2v) is 6.00. The van der Waals surface area contributed by atoms with Crippen molar-refractivity contribution < 1.29 is 29.7 Å². The number of nitrogens with two attached hydrogens (primary N) is 1. The molecule has 0 unspecified atom stereocenters. The fraction of sp³-hybridized carbons (Fsp3) is 0.353. The number of hydrogen-bond acceptors (Lipinski definition) is 6. The van der Waals surface area contributed by atoms with E-state index in [9.17, 15) is 14.4 Å². The van der Waals surface area contributed by atoms with Crippen LogP contribution in [0, 0.1) is 0 Å². The number of carbonyl (C=O) groups excluding carboxylic acids is 2. The fourth-order valence-electron chi connectivity index (χ4n) is 2.55. The Morgan fingerprint density at radius 1 is 1.04 bits per heavy atom. The number of amides is 2. The molecule has 146 valence electrons. The number of nitrogens with one attached hydrogen (secondary N) is 3. The zero-order chi connectivity index (χ0) is 20.0. The van der Waals surface area contributed by atoms with Gasteiger partial charge in [-0.2, -0.15) is 0 Å². The number of carboxylic acids is 1. The molecule has 0 fully saturated rings. The molecular formula is C17H22N4O6. The van der Waals surface area contributed by atoms with Gasteiger partial charge in [0, 0.05) is 23.5 Å². The minimum atomic E-state index is -1.51. The van der Waals surface area contributed by atoms with Gasteiger partial charge in [-0.15, -0.1) is 0 Å². The highest BCUT2D eigenvalue weighted by molar-refractivity contribution is 5.93. The Labute approximate surface area is 154 Å². The van der Waals surface area contributed by atoms with Crippen molar-refractivity contribution in [1.82, 2.24) is 15.6 Å². The first-order valence-electron chi connectivity index (χ1n) is 8.23. The third-order valence-corrected chi connectivity index (χ3v) is 4.06. The maximum absolute atomic E-state index is 12.5. The molecule has 0 aliphatic rings. The predicted molar refractivity (Wildman–Crippen MR) is 95.6 cm³/mol. The smallest absolute Gasteiger partial charge is 0.328 e. The third-order valence-electron chi connectivity index (χ3n) is 4.06. The van der Waals surface area contributed by atoms with E-state index in [1.807, 2.05) is 24.3 Å². The summed E-state index contributed by atoms with van der Waals surface area (Å²) in [5.74, 6) is -2.95. The molecule has 0 saturated carbocycles. The molecular weight excluding hydrogens is 356 g/mol. The van der Waals surface area contributed by atoms with Gasteiger partial charge >= 0.3 is 5.97 Å². The van der Waals surface area contributed by atoms with Crippen molar-refractivity contribution in [3.8, 4) is 0 Å². The van der Waals surface area contributed by atoms with Gasteiger partial charge in [-0.1, -0.05) is 18.2 Å². The Kier molecular flexibility index (Phi) is 6.88. The zero-order valence-electron chi connectivity index (χ0n) is 14.4. The molecule has 10 nitrogen and oxygen atoms in total. The maximum Gasteiger partial charge on any atom is 0.328 e. The Morgan fingerprint density at radius 2 is 1.70 bits per heavy atom. The summed E-state index contributed by atoms with van der Waals surface area (Å²) in [6.45, 7) is -1.41. The lowest BCUT2D eigenvalue weighted by atomic mass is 10.0. The molecule has 0 spiro atoms. The molecule has 10 heteroatoms. The van der Waals surface area contributed by atoms with E-state index >= 15 is 0 Å². The average molecular weight is 378 g/mol. The van der Waals surface area contributed by atoms with Gasteiger partial charge in [0.25, 0.3) is 0 Å². The first-order chi connectivity index (χ1) is 12.9. The zero-order valence-corrected chi connectivity index (χ0v) is 14.4. The van der Waals surface area contributed by atoms with Gasteiger partial charge in [0.2, 0.25) is 11.8 Å². The maximum atomic E-state index is 12.5. The standard InChI is InChI=1S/C17H22N4O6/c18-11(7-22)15(24)20-13(16(25)21-14(8-23)17(26)27)5-9-6-19-12-4-2-1-3-10(9)12/h1-4,6,11,13-14,19,22-23H,5,7-8,18H2,(H,20,24)(H,21,25)(H,26,27)/t11-,13-,14-/m0/s1. The Hall–Kier alpha value is -2.95. The Balaban J connectivity index is 2.24. The van der Waals surface area contributed by atoms with E-state index in [0.29, 0.717) is 0 Å². The van der Waals surface area contributed by atoms with Crippen LogP contribution in [0.5, 0.6) is 0 Å². The summed E-state index contributed by atoms with van der Waals surface area (Å²) in [5, 5.41) is 32.5. The number of rotatable bonds is 9. The van der Waals surface area contributed by atoms with Crippen LogP contribution >= 0.6 is 0 Å². The number of benzene rings is 1. The normalized spacial score (nSPS) is 14.3. The van der Waals surface area contributed by atoms with Gasteiger partial charge in [0.05, 0.1) is 13.2 Å². The molecule has 1 heterocycles. The molecule has 2 aromatic rings. The topological polar surface area (TPSA) is 178 Å². The lowest BCUT2D eigenvalue weighted by molar-refractivity contribution is -0.143. The summed E-state index contributed by atoms with van der Waals surface area (Å²) in [6.07, 6.45) is 1.74. The summed E-state index contributed by atoms with van der Waals surface area (Å²) in [5.41, 5.74) is 7.03. The molecule has 0 aliphatic heterocycles. The van der Waals surface area contributed by atoms with Crippen LogP contribution in [-0.4, -0.2) is 69.4 Å². The summed E-state index contributed by atoms with van der Waals surface area (Å²) < 4.78 is 0. The number of para-hydroxylation sites is 1. The molecule has 27 heavy (non-hydrogen) atoms. The van der Waals surface area contributed by atoms with Gasteiger partial charge in [-0.25, -0.2) is 4.79 Å². The van der Waals surface area contributed by atoms with Crippen molar-refractivity contribution in [2.45, 2.75) is 24.5 Å². The van der Waals surface area contributed by atoms with Gasteiger partial charge in [0.15, 0.2) is 0 Å².